The molecule has 2 nitrogen and oxygen atoms in total. The summed E-state index contributed by atoms with van der Waals surface area (Å²) in [7, 11) is 0. The Hall–Kier alpha value is -3.88. The minimum absolute atomic E-state index is 0.719. The number of aromatic nitrogens is 1. The lowest BCUT2D eigenvalue weighted by Crippen LogP contribution is -1.92. The van der Waals surface area contributed by atoms with Crippen molar-refractivity contribution in [2.45, 2.75) is 13.3 Å². The molecule has 0 bridgehead atoms. The van der Waals surface area contributed by atoms with Crippen molar-refractivity contribution in [2.75, 3.05) is 5.32 Å². The number of nitrogens with zero attached hydrogens (tertiary/aromatic N) is 1. The number of benzene rings is 4. The lowest BCUT2D eigenvalue weighted by atomic mass is 9.99. The monoisotopic (exact) mass is 460 g/mol. The van der Waals surface area contributed by atoms with Gasteiger partial charge in [0.05, 0.1) is 11.4 Å². The van der Waals surface area contributed by atoms with Crippen LogP contribution in [-0.2, 0) is 6.42 Å². The molecule has 1 N–H and O–H groups in total. The molecule has 0 radical (unpaired) electrons. The predicted octanol–water partition coefficient (Wildman–Crippen LogP) is 9.04. The number of nitrogens with one attached hydrogen (secondary N) is 1. The second-order valence-corrected chi connectivity index (χ2v) is 8.69. The summed E-state index contributed by atoms with van der Waals surface area (Å²) < 4.78 is 0. The van der Waals surface area contributed by atoms with Gasteiger partial charge in [0, 0.05) is 27.5 Å². The van der Waals surface area contributed by atoms with Crippen molar-refractivity contribution < 1.29 is 0 Å². The average Bonchev–Trinajstić information content (AvgIpc) is 2.90. The molecule has 4 aromatic carbocycles. The molecule has 5 rings (SSSR count). The van der Waals surface area contributed by atoms with Crippen LogP contribution in [0.25, 0.3) is 33.6 Å². The largest absolute Gasteiger partial charge is 0.356 e. The summed E-state index contributed by atoms with van der Waals surface area (Å²) in [5.74, 6) is 0. The number of para-hydroxylation sites is 1. The van der Waals surface area contributed by atoms with E-state index in [4.69, 9.17) is 16.6 Å². The molecule has 0 aliphatic carbocycles. The fourth-order valence-electron chi connectivity index (χ4n) is 3.96. The average molecular weight is 461 g/mol. The number of rotatable bonds is 6. The smallest absolute Gasteiger partial charge is 0.0715 e. The highest BCUT2D eigenvalue weighted by Gasteiger charge is 2.10. The molecule has 0 aliphatic heterocycles. The third-order valence-electron chi connectivity index (χ3n) is 5.90. The van der Waals surface area contributed by atoms with Gasteiger partial charge in [-0.05, 0) is 71.6 Å². The minimum atomic E-state index is 0.719. The van der Waals surface area contributed by atoms with Crippen molar-refractivity contribution >= 4 is 23.0 Å². The number of anilines is 2. The van der Waals surface area contributed by atoms with Crippen LogP contribution in [0.3, 0.4) is 0 Å². The van der Waals surface area contributed by atoms with E-state index in [1.807, 2.05) is 42.5 Å². The van der Waals surface area contributed by atoms with Crippen LogP contribution in [0, 0.1) is 0 Å². The Morgan fingerprint density at radius 1 is 0.588 bits per heavy atom. The van der Waals surface area contributed by atoms with Crippen molar-refractivity contribution in [1.82, 2.24) is 4.98 Å². The van der Waals surface area contributed by atoms with Gasteiger partial charge in [-0.15, -0.1) is 0 Å². The van der Waals surface area contributed by atoms with Gasteiger partial charge in [-0.3, -0.25) is 0 Å². The maximum absolute atomic E-state index is 6.13. The highest BCUT2D eigenvalue weighted by Crippen LogP contribution is 2.32. The summed E-state index contributed by atoms with van der Waals surface area (Å²) in [4.78, 5) is 5.00. The maximum Gasteiger partial charge on any atom is 0.0715 e. The molecule has 0 saturated carbocycles. The van der Waals surface area contributed by atoms with E-state index in [0.717, 1.165) is 56.5 Å². The quantitative estimate of drug-likeness (QED) is 0.273. The van der Waals surface area contributed by atoms with Gasteiger partial charge in [0.2, 0.25) is 0 Å². The van der Waals surface area contributed by atoms with Crippen molar-refractivity contribution in [3.63, 3.8) is 0 Å². The second-order valence-electron chi connectivity index (χ2n) is 8.25. The molecule has 5 aromatic rings. The van der Waals surface area contributed by atoms with Crippen LogP contribution >= 0.6 is 11.6 Å². The number of hydrogen-bond donors (Lipinski definition) is 1. The first-order valence-corrected chi connectivity index (χ1v) is 11.9. The lowest BCUT2D eigenvalue weighted by molar-refractivity contribution is 1.14. The zero-order valence-electron chi connectivity index (χ0n) is 19.0. The van der Waals surface area contributed by atoms with Crippen molar-refractivity contribution in [1.29, 1.82) is 0 Å². The Morgan fingerprint density at radius 2 is 1.12 bits per heavy atom. The molecule has 34 heavy (non-hydrogen) atoms. The first-order valence-electron chi connectivity index (χ1n) is 11.5. The Kier molecular flexibility index (Phi) is 6.42. The first kappa shape index (κ1) is 21.9. The van der Waals surface area contributed by atoms with Crippen LogP contribution in [0.2, 0.25) is 5.02 Å². The Bertz CT molecular complexity index is 1380. The number of halogens is 1. The molecule has 0 amide bonds. The summed E-state index contributed by atoms with van der Waals surface area (Å²) in [6, 6.07) is 39.5. The van der Waals surface area contributed by atoms with Gasteiger partial charge < -0.3 is 5.32 Å². The SMILES string of the molecule is CCc1ccc(-c2cc(-c3ccc(Nc4ccccc4)cc3)cc(-c3ccc(Cl)cc3)n2)cc1. The lowest BCUT2D eigenvalue weighted by Gasteiger charge is -2.12. The van der Waals surface area contributed by atoms with E-state index in [2.05, 4.69) is 85.0 Å². The predicted molar refractivity (Wildman–Crippen MR) is 145 cm³/mol. The number of hydrogen-bond acceptors (Lipinski definition) is 2. The molecule has 3 heteroatoms. The van der Waals surface area contributed by atoms with Gasteiger partial charge in [-0.25, -0.2) is 4.98 Å². The van der Waals surface area contributed by atoms with Gasteiger partial charge in [-0.2, -0.15) is 0 Å². The molecular weight excluding hydrogens is 436 g/mol. The Morgan fingerprint density at radius 3 is 1.71 bits per heavy atom. The van der Waals surface area contributed by atoms with E-state index in [9.17, 15) is 0 Å². The summed E-state index contributed by atoms with van der Waals surface area (Å²) in [6.07, 6.45) is 1.02. The minimum Gasteiger partial charge on any atom is -0.356 e. The van der Waals surface area contributed by atoms with Crippen LogP contribution < -0.4 is 5.32 Å². The van der Waals surface area contributed by atoms with Crippen LogP contribution in [0.5, 0.6) is 0 Å². The van der Waals surface area contributed by atoms with Gasteiger partial charge in [0.15, 0.2) is 0 Å². The Balaban J connectivity index is 1.53. The molecule has 0 unspecified atom stereocenters. The van der Waals surface area contributed by atoms with Crippen LogP contribution in [0.15, 0.2) is 115 Å². The fourth-order valence-corrected chi connectivity index (χ4v) is 4.09. The summed E-state index contributed by atoms with van der Waals surface area (Å²) in [5, 5.41) is 4.17. The van der Waals surface area contributed by atoms with Crippen LogP contribution in [0.4, 0.5) is 11.4 Å². The third-order valence-corrected chi connectivity index (χ3v) is 6.16. The summed E-state index contributed by atoms with van der Waals surface area (Å²) in [5.41, 5.74) is 9.74. The van der Waals surface area contributed by atoms with E-state index >= 15 is 0 Å². The molecule has 0 atom stereocenters. The molecule has 1 heterocycles. The van der Waals surface area contributed by atoms with E-state index in [1.54, 1.807) is 0 Å². The van der Waals surface area contributed by atoms with E-state index in [-0.39, 0.29) is 0 Å². The number of pyridine rings is 1. The molecule has 0 saturated heterocycles. The standard InChI is InChI=1S/C31H25ClN2/c1-2-22-8-10-24(11-9-22)30-20-26(21-31(34-30)25-12-16-27(32)17-13-25)23-14-18-29(19-15-23)33-28-6-4-3-5-7-28/h3-21,33H,2H2,1H3. The van der Waals surface area contributed by atoms with E-state index in [1.165, 1.54) is 5.56 Å². The summed E-state index contributed by atoms with van der Waals surface area (Å²) in [6.45, 7) is 2.17. The molecule has 0 aliphatic rings. The van der Waals surface area contributed by atoms with Crippen LogP contribution in [-0.4, -0.2) is 4.98 Å². The second kappa shape index (κ2) is 9.94. The molecular formula is C31H25ClN2. The van der Waals surface area contributed by atoms with Gasteiger partial charge in [-0.1, -0.05) is 85.3 Å². The normalized spacial score (nSPS) is 10.8. The Labute approximate surface area is 205 Å². The number of aryl methyl sites for hydroxylation is 1. The van der Waals surface area contributed by atoms with E-state index in [0.29, 0.717) is 0 Å². The highest BCUT2D eigenvalue weighted by atomic mass is 35.5. The van der Waals surface area contributed by atoms with Gasteiger partial charge >= 0.3 is 0 Å². The molecule has 166 valence electrons. The van der Waals surface area contributed by atoms with Gasteiger partial charge in [0.25, 0.3) is 0 Å². The van der Waals surface area contributed by atoms with Crippen molar-refractivity contribution in [3.8, 4) is 33.6 Å². The molecule has 1 aromatic heterocycles. The maximum atomic E-state index is 6.13. The van der Waals surface area contributed by atoms with Crippen molar-refractivity contribution in [2.24, 2.45) is 0 Å². The zero-order valence-corrected chi connectivity index (χ0v) is 19.8. The fraction of sp³-hybridized carbons (Fsp3) is 0.0645. The zero-order chi connectivity index (χ0) is 23.3. The highest BCUT2D eigenvalue weighted by molar-refractivity contribution is 6.30. The van der Waals surface area contributed by atoms with E-state index < -0.39 is 0 Å². The molecule has 0 fully saturated rings. The topological polar surface area (TPSA) is 24.9 Å². The van der Waals surface area contributed by atoms with Crippen molar-refractivity contribution in [3.05, 3.63) is 126 Å². The molecule has 0 spiro atoms. The summed E-state index contributed by atoms with van der Waals surface area (Å²) >= 11 is 6.13. The first-order chi connectivity index (χ1) is 16.7. The van der Waals surface area contributed by atoms with Crippen LogP contribution in [0.1, 0.15) is 12.5 Å². The third kappa shape index (κ3) is 5.03. The van der Waals surface area contributed by atoms with Gasteiger partial charge in [0.1, 0.15) is 0 Å².